The van der Waals surface area contributed by atoms with E-state index in [2.05, 4.69) is 5.32 Å². The van der Waals surface area contributed by atoms with Crippen molar-refractivity contribution in [1.82, 2.24) is 0 Å². The molecule has 0 bridgehead atoms. The maximum Gasteiger partial charge on any atom is 0.338 e. The first-order valence-electron chi connectivity index (χ1n) is 6.77. The molecule has 2 aromatic carbocycles. The molecule has 6 heteroatoms. The molecule has 0 saturated heterocycles. The van der Waals surface area contributed by atoms with Crippen molar-refractivity contribution in [3.8, 4) is 6.07 Å². The van der Waals surface area contributed by atoms with Gasteiger partial charge >= 0.3 is 5.97 Å². The van der Waals surface area contributed by atoms with Crippen molar-refractivity contribution in [2.45, 2.75) is 13.0 Å². The third-order valence-electron chi connectivity index (χ3n) is 2.99. The van der Waals surface area contributed by atoms with Gasteiger partial charge in [0.15, 0.2) is 6.10 Å². The number of carbonyl (C=O) groups excluding carboxylic acids is 2. The van der Waals surface area contributed by atoms with Gasteiger partial charge in [0, 0.05) is 5.69 Å². The summed E-state index contributed by atoms with van der Waals surface area (Å²) in [6.45, 7) is 1.42. The van der Waals surface area contributed by atoms with Gasteiger partial charge in [-0.2, -0.15) is 5.26 Å². The average Bonchev–Trinajstić information content (AvgIpc) is 2.56. The molecular weight excluding hydrogens is 299 g/mol. The van der Waals surface area contributed by atoms with E-state index in [0.717, 1.165) is 0 Å². The van der Waals surface area contributed by atoms with Crippen LogP contribution in [0.5, 0.6) is 0 Å². The fraction of sp³-hybridized carbons (Fsp3) is 0.118. The molecule has 23 heavy (non-hydrogen) atoms. The van der Waals surface area contributed by atoms with Gasteiger partial charge in [0.2, 0.25) is 0 Å². The molecule has 0 unspecified atom stereocenters. The highest BCUT2D eigenvalue weighted by molar-refractivity contribution is 5.97. The van der Waals surface area contributed by atoms with Gasteiger partial charge < -0.3 is 10.1 Å². The molecule has 0 aliphatic carbocycles. The van der Waals surface area contributed by atoms with Gasteiger partial charge in [-0.05, 0) is 49.4 Å². The van der Waals surface area contributed by atoms with E-state index in [9.17, 15) is 14.0 Å². The van der Waals surface area contributed by atoms with Crippen molar-refractivity contribution < 1.29 is 18.7 Å². The van der Waals surface area contributed by atoms with E-state index >= 15 is 0 Å². The first kappa shape index (κ1) is 16.2. The summed E-state index contributed by atoms with van der Waals surface area (Å²) >= 11 is 0. The van der Waals surface area contributed by atoms with Gasteiger partial charge in [-0.3, -0.25) is 4.79 Å². The fourth-order valence-electron chi connectivity index (χ4n) is 1.77. The number of nitrogens with one attached hydrogen (secondary N) is 1. The standard InChI is InChI=1S/C17H13FN2O3/c1-11(16(21)20-15-7-5-14(18)6-8-15)23-17(22)13-4-2-3-12(9-13)10-19/h2-9,11H,1H3,(H,20,21)/t11-/m0/s1. The Balaban J connectivity index is 1.98. The topological polar surface area (TPSA) is 79.2 Å². The molecule has 0 spiro atoms. The zero-order chi connectivity index (χ0) is 16.8. The van der Waals surface area contributed by atoms with Crippen LogP contribution < -0.4 is 5.32 Å². The van der Waals surface area contributed by atoms with E-state index in [0.29, 0.717) is 11.3 Å². The molecular formula is C17H13FN2O3. The van der Waals surface area contributed by atoms with E-state index in [1.807, 2.05) is 6.07 Å². The van der Waals surface area contributed by atoms with Crippen molar-refractivity contribution in [1.29, 1.82) is 5.26 Å². The summed E-state index contributed by atoms with van der Waals surface area (Å²) in [5.74, 6) is -1.66. The number of carbonyl (C=O) groups is 2. The molecule has 0 aliphatic rings. The zero-order valence-corrected chi connectivity index (χ0v) is 12.2. The molecule has 0 heterocycles. The largest absolute Gasteiger partial charge is 0.449 e. The summed E-state index contributed by atoms with van der Waals surface area (Å²) in [6.07, 6.45) is -1.04. The van der Waals surface area contributed by atoms with Crippen molar-refractivity contribution in [2.75, 3.05) is 5.32 Å². The van der Waals surface area contributed by atoms with Gasteiger partial charge in [-0.25, -0.2) is 9.18 Å². The lowest BCUT2D eigenvalue weighted by molar-refractivity contribution is -0.123. The van der Waals surface area contributed by atoms with Crippen LogP contribution >= 0.6 is 0 Å². The van der Waals surface area contributed by atoms with Crippen LogP contribution in [0.2, 0.25) is 0 Å². The molecule has 5 nitrogen and oxygen atoms in total. The minimum Gasteiger partial charge on any atom is -0.449 e. The summed E-state index contributed by atoms with van der Waals surface area (Å²) < 4.78 is 17.9. The molecule has 116 valence electrons. The first-order valence-corrected chi connectivity index (χ1v) is 6.77. The Bertz CT molecular complexity index is 766. The second-order valence-corrected chi connectivity index (χ2v) is 4.74. The number of amides is 1. The molecule has 2 rings (SSSR count). The normalized spacial score (nSPS) is 11.2. The highest BCUT2D eigenvalue weighted by atomic mass is 19.1. The molecule has 1 amide bonds. The van der Waals surface area contributed by atoms with Crippen molar-refractivity contribution in [3.63, 3.8) is 0 Å². The van der Waals surface area contributed by atoms with E-state index in [4.69, 9.17) is 10.00 Å². The predicted molar refractivity (Wildman–Crippen MR) is 81.1 cm³/mol. The van der Waals surface area contributed by atoms with Gasteiger partial charge in [0.05, 0.1) is 17.2 Å². The molecule has 0 aromatic heterocycles. The molecule has 1 atom stereocenters. The van der Waals surface area contributed by atoms with Crippen molar-refractivity contribution >= 4 is 17.6 Å². The lowest BCUT2D eigenvalue weighted by Gasteiger charge is -2.13. The Kier molecular flexibility index (Phi) is 5.05. The van der Waals surface area contributed by atoms with Gasteiger partial charge in [0.25, 0.3) is 5.91 Å². The number of hydrogen-bond donors (Lipinski definition) is 1. The van der Waals surface area contributed by atoms with Gasteiger partial charge in [-0.15, -0.1) is 0 Å². The number of benzene rings is 2. The van der Waals surface area contributed by atoms with Gasteiger partial charge in [-0.1, -0.05) is 6.07 Å². The second-order valence-electron chi connectivity index (χ2n) is 4.74. The summed E-state index contributed by atoms with van der Waals surface area (Å²) in [4.78, 5) is 23.9. The van der Waals surface area contributed by atoms with Crippen molar-refractivity contribution in [3.05, 3.63) is 65.5 Å². The van der Waals surface area contributed by atoms with Crippen LogP contribution in [0.1, 0.15) is 22.8 Å². The second kappa shape index (κ2) is 7.18. The van der Waals surface area contributed by atoms with Gasteiger partial charge in [0.1, 0.15) is 5.82 Å². The van der Waals surface area contributed by atoms with E-state index in [-0.39, 0.29) is 5.56 Å². The minimum absolute atomic E-state index is 0.186. The van der Waals surface area contributed by atoms with Crippen LogP contribution in [-0.2, 0) is 9.53 Å². The van der Waals surface area contributed by atoms with Crippen LogP contribution in [0.25, 0.3) is 0 Å². The Morgan fingerprint density at radius 1 is 1.22 bits per heavy atom. The number of halogens is 1. The lowest BCUT2D eigenvalue weighted by atomic mass is 10.1. The number of rotatable bonds is 4. The summed E-state index contributed by atoms with van der Waals surface area (Å²) in [5.41, 5.74) is 0.902. The smallest absolute Gasteiger partial charge is 0.338 e. The molecule has 1 N–H and O–H groups in total. The predicted octanol–water partition coefficient (Wildman–Crippen LogP) is 2.88. The van der Waals surface area contributed by atoms with Crippen LogP contribution in [0.4, 0.5) is 10.1 Å². The zero-order valence-electron chi connectivity index (χ0n) is 12.2. The lowest BCUT2D eigenvalue weighted by Crippen LogP contribution is -2.30. The van der Waals surface area contributed by atoms with Crippen LogP contribution in [-0.4, -0.2) is 18.0 Å². The van der Waals surface area contributed by atoms with E-state index in [1.54, 1.807) is 12.1 Å². The summed E-state index contributed by atoms with van der Waals surface area (Å²) in [5, 5.41) is 11.3. The van der Waals surface area contributed by atoms with Crippen LogP contribution in [0, 0.1) is 17.1 Å². The highest BCUT2D eigenvalue weighted by Crippen LogP contribution is 2.11. The molecule has 0 fully saturated rings. The third kappa shape index (κ3) is 4.38. The Labute approximate surface area is 132 Å². The van der Waals surface area contributed by atoms with Crippen LogP contribution in [0.15, 0.2) is 48.5 Å². The number of ether oxygens (including phenoxy) is 1. The maximum absolute atomic E-state index is 12.8. The Morgan fingerprint density at radius 2 is 1.91 bits per heavy atom. The number of nitriles is 1. The summed E-state index contributed by atoms with van der Waals surface area (Å²) in [6, 6.07) is 13.1. The average molecular weight is 312 g/mol. The molecule has 0 radical (unpaired) electrons. The highest BCUT2D eigenvalue weighted by Gasteiger charge is 2.19. The third-order valence-corrected chi connectivity index (χ3v) is 2.99. The Morgan fingerprint density at radius 3 is 2.57 bits per heavy atom. The summed E-state index contributed by atoms with van der Waals surface area (Å²) in [7, 11) is 0. The maximum atomic E-state index is 12.8. The Hall–Kier alpha value is -3.20. The quantitative estimate of drug-likeness (QED) is 0.880. The molecule has 0 saturated carbocycles. The monoisotopic (exact) mass is 312 g/mol. The minimum atomic E-state index is -1.04. The SMILES string of the molecule is C[C@H](OC(=O)c1cccc(C#N)c1)C(=O)Nc1ccc(F)cc1. The van der Waals surface area contributed by atoms with E-state index < -0.39 is 23.8 Å². The fourth-order valence-corrected chi connectivity index (χ4v) is 1.77. The number of esters is 1. The first-order chi connectivity index (χ1) is 11.0. The number of anilines is 1. The van der Waals surface area contributed by atoms with Crippen molar-refractivity contribution in [2.24, 2.45) is 0 Å². The molecule has 0 aliphatic heterocycles. The number of nitrogens with zero attached hydrogens (tertiary/aromatic N) is 1. The molecule has 2 aromatic rings. The van der Waals surface area contributed by atoms with Crippen LogP contribution in [0.3, 0.4) is 0 Å². The van der Waals surface area contributed by atoms with E-state index in [1.165, 1.54) is 43.3 Å². The number of hydrogen-bond acceptors (Lipinski definition) is 4.